The summed E-state index contributed by atoms with van der Waals surface area (Å²) in [5.74, 6) is 0. The van der Waals surface area contributed by atoms with Gasteiger partial charge in [0.1, 0.15) is 0 Å². The van der Waals surface area contributed by atoms with Crippen LogP contribution >= 0.6 is 0 Å². The largest absolute Gasteiger partial charge is 0.738 e. The Morgan fingerprint density at radius 1 is 1.62 bits per heavy atom. The molecule has 48 valence electrons. The molecule has 7 nitrogen and oxygen atoms in total. The van der Waals surface area contributed by atoms with E-state index in [1.807, 2.05) is 0 Å². The summed E-state index contributed by atoms with van der Waals surface area (Å²) in [7, 11) is -4.95. The minimum atomic E-state index is -4.95. The second-order valence-corrected chi connectivity index (χ2v) is 1.98. The van der Waals surface area contributed by atoms with Crippen molar-refractivity contribution in [1.29, 1.82) is 0 Å². The molecular formula is HN2O5S-. The van der Waals surface area contributed by atoms with Crippen molar-refractivity contribution in [3.8, 4) is 0 Å². The van der Waals surface area contributed by atoms with Crippen molar-refractivity contribution in [2.75, 3.05) is 0 Å². The van der Waals surface area contributed by atoms with E-state index in [4.69, 9.17) is 9.76 Å². The van der Waals surface area contributed by atoms with Crippen LogP contribution in [0.5, 0.6) is 0 Å². The molecule has 0 amide bonds. The highest BCUT2D eigenvalue weighted by Gasteiger charge is 2.12. The van der Waals surface area contributed by atoms with Gasteiger partial charge >= 0.3 is 10.3 Å². The molecule has 0 fully saturated rings. The van der Waals surface area contributed by atoms with Crippen molar-refractivity contribution in [3.63, 3.8) is 0 Å². The van der Waals surface area contributed by atoms with Crippen LogP contribution in [-0.4, -0.2) is 17.2 Å². The van der Waals surface area contributed by atoms with E-state index in [2.05, 4.69) is 0 Å². The maximum Gasteiger partial charge on any atom is 0.542 e. The lowest BCUT2D eigenvalue weighted by atomic mass is 12.9. The van der Waals surface area contributed by atoms with Crippen molar-refractivity contribution in [1.82, 2.24) is 0 Å². The molecule has 0 unspecified atom stereocenters. The third-order valence-corrected chi connectivity index (χ3v) is 0.725. The predicted molar refractivity (Wildman–Crippen MR) is 21.0 cm³/mol. The highest BCUT2D eigenvalue weighted by molar-refractivity contribution is 7.79. The van der Waals surface area contributed by atoms with Crippen LogP contribution in [0.25, 0.3) is 0 Å². The first-order chi connectivity index (χ1) is 3.48. The van der Waals surface area contributed by atoms with Crippen molar-refractivity contribution in [3.05, 3.63) is 10.4 Å². The third-order valence-electron chi connectivity index (χ3n) is 0.264. The number of rotatable bonds is 1. The molecular weight excluding hydrogens is 140 g/mol. The average Bonchev–Trinajstić information content (AvgIpc) is 1.62. The van der Waals surface area contributed by atoms with Crippen molar-refractivity contribution in [2.24, 2.45) is 5.28 Å². The fourth-order valence-corrected chi connectivity index (χ4v) is 0.126. The Bertz CT molecular complexity index is 186. The molecule has 1 N–H and O–H groups in total. The summed E-state index contributed by atoms with van der Waals surface area (Å²) in [6.45, 7) is 0. The molecule has 0 saturated carbocycles. The van der Waals surface area contributed by atoms with Gasteiger partial charge in [0, 0.05) is 0 Å². The molecule has 0 spiro atoms. The van der Waals surface area contributed by atoms with Gasteiger partial charge in [0.25, 0.3) is 0 Å². The molecule has 0 aromatic rings. The summed E-state index contributed by atoms with van der Waals surface area (Å²) in [4.78, 5) is 0. The van der Waals surface area contributed by atoms with Crippen LogP contribution in [0.1, 0.15) is 0 Å². The van der Waals surface area contributed by atoms with E-state index in [-0.39, 0.29) is 0 Å². The number of hydrogen-bond acceptors (Lipinski definition) is 5. The molecule has 0 heterocycles. The molecule has 0 radical (unpaired) electrons. The Labute approximate surface area is 44.3 Å². The second-order valence-electron chi connectivity index (χ2n) is 0.767. The Morgan fingerprint density at radius 3 is 2.00 bits per heavy atom. The standard InChI is InChI=1S/H2N2O5S/c3-1-2(4)8(5,6)7/h3H,(H,5,6,7)/p-1/b2-1+. The van der Waals surface area contributed by atoms with E-state index < -0.39 is 14.6 Å². The smallest absolute Gasteiger partial charge is 0.542 e. The van der Waals surface area contributed by atoms with Gasteiger partial charge in [-0.1, -0.05) is 0 Å². The Balaban J connectivity index is 4.55. The normalized spacial score (nSPS) is 13.9. The van der Waals surface area contributed by atoms with E-state index in [1.54, 1.807) is 0 Å². The highest BCUT2D eigenvalue weighted by Crippen LogP contribution is 1.82. The van der Waals surface area contributed by atoms with E-state index >= 15 is 0 Å². The highest BCUT2D eigenvalue weighted by atomic mass is 32.2. The van der Waals surface area contributed by atoms with Crippen molar-refractivity contribution < 1.29 is 17.2 Å². The van der Waals surface area contributed by atoms with Crippen LogP contribution < -0.4 is 0 Å². The molecule has 8 heteroatoms. The van der Waals surface area contributed by atoms with Crippen LogP contribution in [-0.2, 0) is 10.3 Å². The first kappa shape index (κ1) is 7.11. The van der Waals surface area contributed by atoms with Gasteiger partial charge < -0.3 is 10.4 Å². The van der Waals surface area contributed by atoms with E-state index in [0.717, 1.165) is 0 Å². The third kappa shape index (κ3) is 1.71. The van der Waals surface area contributed by atoms with Crippen LogP contribution in [0.15, 0.2) is 5.28 Å². The van der Waals surface area contributed by atoms with Gasteiger partial charge in [-0.3, -0.25) is 0 Å². The minimum absolute atomic E-state index is 1.34. The Kier molecular flexibility index (Phi) is 1.71. The van der Waals surface area contributed by atoms with Crippen LogP contribution in [0.2, 0.25) is 0 Å². The summed E-state index contributed by atoms with van der Waals surface area (Å²) < 4.78 is 25.1. The van der Waals surface area contributed by atoms with Crippen LogP contribution in [0.3, 0.4) is 0 Å². The van der Waals surface area contributed by atoms with Crippen molar-refractivity contribution in [2.45, 2.75) is 0 Å². The van der Waals surface area contributed by atoms with Gasteiger partial charge in [0.15, 0.2) is 0 Å². The van der Waals surface area contributed by atoms with Crippen LogP contribution in [0.4, 0.5) is 0 Å². The predicted octanol–water partition coefficient (Wildman–Crippen LogP) is -0.750. The van der Waals surface area contributed by atoms with Crippen LogP contribution in [0, 0.1) is 10.4 Å². The maximum atomic E-state index is 9.44. The zero-order valence-corrected chi connectivity index (χ0v) is 4.20. The summed E-state index contributed by atoms with van der Waals surface area (Å²) in [6.07, 6.45) is 0. The number of nitrogens with zero attached hydrogens (tertiary/aromatic N) is 2. The lowest BCUT2D eigenvalue weighted by Gasteiger charge is -1.92. The van der Waals surface area contributed by atoms with Gasteiger partial charge in [-0.25, -0.2) is 4.55 Å². The van der Waals surface area contributed by atoms with Gasteiger partial charge in [-0.05, 0) is 5.28 Å². The summed E-state index contributed by atoms with van der Waals surface area (Å²) in [5.41, 5.74) is 0. The molecule has 0 bridgehead atoms. The summed E-state index contributed by atoms with van der Waals surface area (Å²) >= 11 is 0. The first-order valence-electron chi connectivity index (χ1n) is 1.26. The maximum absolute atomic E-state index is 9.44. The molecule has 0 aromatic heterocycles. The minimum Gasteiger partial charge on any atom is -0.738 e. The fourth-order valence-electron chi connectivity index (χ4n) is 0.0421. The molecule has 0 saturated heterocycles. The quantitative estimate of drug-likeness (QED) is 0.223. The SMILES string of the molecule is O=S(=O)(O)/[N+]([O-])=N/[O-]. The van der Waals surface area contributed by atoms with E-state index in [1.165, 1.54) is 5.28 Å². The van der Waals surface area contributed by atoms with E-state index in [0.29, 0.717) is 0 Å². The molecule has 0 aliphatic rings. The average molecular weight is 141 g/mol. The zero-order chi connectivity index (χ0) is 6.78. The lowest BCUT2D eigenvalue weighted by molar-refractivity contribution is -0.370. The zero-order valence-electron chi connectivity index (χ0n) is 3.38. The van der Waals surface area contributed by atoms with E-state index in [9.17, 15) is 13.6 Å². The molecule has 8 heavy (non-hydrogen) atoms. The fraction of sp³-hybridized carbons (Fsp3) is 0. The Hall–Kier alpha value is -0.890. The monoisotopic (exact) mass is 141 g/mol. The Morgan fingerprint density at radius 2 is 2.00 bits per heavy atom. The lowest BCUT2D eigenvalue weighted by Crippen LogP contribution is -2.10. The molecule has 0 aliphatic carbocycles. The van der Waals surface area contributed by atoms with Gasteiger partial charge in [0.2, 0.25) is 0 Å². The first-order valence-corrected chi connectivity index (χ1v) is 2.66. The second kappa shape index (κ2) is 1.92. The topological polar surface area (TPSA) is 116 Å². The number of hydrogen-bond donors (Lipinski definition) is 1. The molecule has 0 atom stereocenters. The van der Waals surface area contributed by atoms with Crippen molar-refractivity contribution >= 4 is 10.3 Å². The summed E-state index contributed by atoms with van der Waals surface area (Å²) in [5, 5.41) is 19.8. The molecule has 0 aliphatic heterocycles. The molecule has 0 aromatic carbocycles. The molecule has 0 rings (SSSR count). The summed E-state index contributed by atoms with van der Waals surface area (Å²) in [6, 6.07) is 0. The van der Waals surface area contributed by atoms with Gasteiger partial charge in [-0.2, -0.15) is 0 Å². The van der Waals surface area contributed by atoms with Gasteiger partial charge in [-0.15, -0.1) is 8.42 Å². The van der Waals surface area contributed by atoms with Gasteiger partial charge in [0.05, 0.1) is 4.27 Å².